The van der Waals surface area contributed by atoms with Crippen LogP contribution in [0.4, 0.5) is 0 Å². The van der Waals surface area contributed by atoms with Crippen molar-refractivity contribution in [3.8, 4) is 0 Å². The molecule has 23 heavy (non-hydrogen) atoms. The molecule has 1 heterocycles. The largest absolute Gasteiger partial charge is 0.378 e. The van der Waals surface area contributed by atoms with E-state index in [0.29, 0.717) is 12.0 Å². The summed E-state index contributed by atoms with van der Waals surface area (Å²) in [6.07, 6.45) is 4.04. The van der Waals surface area contributed by atoms with E-state index in [2.05, 4.69) is 48.2 Å². The van der Waals surface area contributed by atoms with E-state index in [0.717, 1.165) is 44.5 Å². The van der Waals surface area contributed by atoms with Gasteiger partial charge in [-0.3, -0.25) is 4.99 Å². The highest BCUT2D eigenvalue weighted by atomic mass is 16.5. The Morgan fingerprint density at radius 2 is 2.04 bits per heavy atom. The fourth-order valence-electron chi connectivity index (χ4n) is 3.20. The summed E-state index contributed by atoms with van der Waals surface area (Å²) in [5.41, 5.74) is 0. The van der Waals surface area contributed by atoms with Gasteiger partial charge in [0.2, 0.25) is 0 Å². The Morgan fingerprint density at radius 1 is 1.30 bits per heavy atom. The van der Waals surface area contributed by atoms with Gasteiger partial charge >= 0.3 is 0 Å². The van der Waals surface area contributed by atoms with Crippen molar-refractivity contribution in [3.05, 3.63) is 0 Å². The molecule has 0 saturated carbocycles. The maximum absolute atomic E-state index is 5.78. The average molecular weight is 327 g/mol. The lowest BCUT2D eigenvalue weighted by Gasteiger charge is -2.30. The fourth-order valence-corrected chi connectivity index (χ4v) is 3.20. The van der Waals surface area contributed by atoms with Gasteiger partial charge in [0.25, 0.3) is 0 Å². The van der Waals surface area contributed by atoms with E-state index in [1.165, 1.54) is 25.9 Å². The molecule has 0 spiro atoms. The highest BCUT2D eigenvalue weighted by Crippen LogP contribution is 2.14. The Bertz CT molecular complexity index is 333. The molecule has 0 aromatic heterocycles. The summed E-state index contributed by atoms with van der Waals surface area (Å²) in [6, 6.07) is 0. The molecular weight excluding hydrogens is 288 g/mol. The van der Waals surface area contributed by atoms with Crippen LogP contribution in [0, 0.1) is 11.8 Å². The number of nitrogens with zero attached hydrogens (tertiary/aromatic N) is 2. The molecule has 1 fully saturated rings. The highest BCUT2D eigenvalue weighted by molar-refractivity contribution is 5.79. The second-order valence-electron chi connectivity index (χ2n) is 7.00. The molecule has 0 radical (unpaired) electrons. The first-order chi connectivity index (χ1) is 11.1. The maximum Gasteiger partial charge on any atom is 0.191 e. The Hall–Kier alpha value is -0.810. The normalized spacial score (nSPS) is 21.5. The number of hydrogen-bond donors (Lipinski definition) is 2. The molecule has 2 atom stereocenters. The minimum atomic E-state index is 0.320. The number of hydrogen-bond acceptors (Lipinski definition) is 3. The van der Waals surface area contributed by atoms with Crippen LogP contribution in [-0.4, -0.2) is 63.3 Å². The van der Waals surface area contributed by atoms with E-state index in [4.69, 9.17) is 4.74 Å². The van der Waals surface area contributed by atoms with Crippen LogP contribution in [-0.2, 0) is 4.74 Å². The van der Waals surface area contributed by atoms with Gasteiger partial charge in [0.05, 0.1) is 6.10 Å². The lowest BCUT2D eigenvalue weighted by molar-refractivity contribution is 0.0258. The van der Waals surface area contributed by atoms with Crippen molar-refractivity contribution in [1.29, 1.82) is 0 Å². The minimum Gasteiger partial charge on any atom is -0.378 e. The maximum atomic E-state index is 5.78. The van der Waals surface area contributed by atoms with Gasteiger partial charge in [-0.05, 0) is 44.6 Å². The molecule has 0 bridgehead atoms. The van der Waals surface area contributed by atoms with Gasteiger partial charge in [-0.15, -0.1) is 0 Å². The van der Waals surface area contributed by atoms with Gasteiger partial charge in [0.15, 0.2) is 5.96 Å². The van der Waals surface area contributed by atoms with Crippen LogP contribution >= 0.6 is 0 Å². The molecule has 2 N–H and O–H groups in total. The Balaban J connectivity index is 2.19. The summed E-state index contributed by atoms with van der Waals surface area (Å²) < 4.78 is 5.78. The summed E-state index contributed by atoms with van der Waals surface area (Å²) in [6.45, 7) is 15.0. The van der Waals surface area contributed by atoms with Crippen LogP contribution < -0.4 is 10.6 Å². The fraction of sp³-hybridized carbons (Fsp3) is 0.944. The second kappa shape index (κ2) is 11.7. The van der Waals surface area contributed by atoms with Crippen molar-refractivity contribution in [2.24, 2.45) is 16.8 Å². The van der Waals surface area contributed by atoms with E-state index >= 15 is 0 Å². The molecule has 136 valence electrons. The van der Waals surface area contributed by atoms with Crippen LogP contribution in [0.1, 0.15) is 47.0 Å². The number of guanidine groups is 1. The standard InChI is InChI=1S/C18H38N4O/c1-6-23-17(15(2)3)9-10-20-18(19-5)21-11-13-22-12-7-8-16(4)14-22/h15-17H,6-14H2,1-5H3,(H2,19,20,21). The van der Waals surface area contributed by atoms with Crippen LogP contribution in [0.5, 0.6) is 0 Å². The predicted molar refractivity (Wildman–Crippen MR) is 99.1 cm³/mol. The highest BCUT2D eigenvalue weighted by Gasteiger charge is 2.16. The second-order valence-corrected chi connectivity index (χ2v) is 7.00. The minimum absolute atomic E-state index is 0.320. The lowest BCUT2D eigenvalue weighted by atomic mass is 10.0. The van der Waals surface area contributed by atoms with Gasteiger partial charge < -0.3 is 20.3 Å². The summed E-state index contributed by atoms with van der Waals surface area (Å²) in [4.78, 5) is 6.86. The third-order valence-corrected chi connectivity index (χ3v) is 4.53. The van der Waals surface area contributed by atoms with Gasteiger partial charge in [0, 0.05) is 39.8 Å². The topological polar surface area (TPSA) is 48.9 Å². The Labute approximate surface area is 143 Å². The summed E-state index contributed by atoms with van der Waals surface area (Å²) in [5, 5.41) is 6.82. The van der Waals surface area contributed by atoms with Crippen molar-refractivity contribution < 1.29 is 4.74 Å². The third kappa shape index (κ3) is 8.56. The summed E-state index contributed by atoms with van der Waals surface area (Å²) >= 11 is 0. The number of likely N-dealkylation sites (tertiary alicyclic amines) is 1. The molecule has 2 unspecified atom stereocenters. The monoisotopic (exact) mass is 326 g/mol. The van der Waals surface area contributed by atoms with E-state index in [1.54, 1.807) is 0 Å². The number of nitrogens with one attached hydrogen (secondary N) is 2. The SMILES string of the molecule is CCOC(CCNC(=NC)NCCN1CCCC(C)C1)C(C)C. The molecule has 1 aliphatic rings. The van der Waals surface area contributed by atoms with E-state index in [9.17, 15) is 0 Å². The van der Waals surface area contributed by atoms with Crippen molar-refractivity contribution >= 4 is 5.96 Å². The van der Waals surface area contributed by atoms with Gasteiger partial charge in [-0.1, -0.05) is 20.8 Å². The zero-order valence-electron chi connectivity index (χ0n) is 15.9. The molecule has 0 aromatic carbocycles. The van der Waals surface area contributed by atoms with Crippen molar-refractivity contribution in [2.45, 2.75) is 53.1 Å². The molecule has 5 nitrogen and oxygen atoms in total. The number of aliphatic imine (C=N–C) groups is 1. The van der Waals surface area contributed by atoms with Gasteiger partial charge in [0.1, 0.15) is 0 Å². The van der Waals surface area contributed by atoms with Gasteiger partial charge in [-0.2, -0.15) is 0 Å². The first-order valence-electron chi connectivity index (χ1n) is 9.35. The quantitative estimate of drug-likeness (QED) is 0.504. The molecule has 1 saturated heterocycles. The van der Waals surface area contributed by atoms with Crippen molar-refractivity contribution in [1.82, 2.24) is 15.5 Å². The molecular formula is C18H38N4O. The summed E-state index contributed by atoms with van der Waals surface area (Å²) in [7, 11) is 1.83. The number of piperidine rings is 1. The van der Waals surface area contributed by atoms with E-state index in [-0.39, 0.29) is 0 Å². The Kier molecular flexibility index (Phi) is 10.3. The molecule has 1 aliphatic heterocycles. The van der Waals surface area contributed by atoms with Crippen LogP contribution in [0.3, 0.4) is 0 Å². The van der Waals surface area contributed by atoms with Gasteiger partial charge in [-0.25, -0.2) is 0 Å². The van der Waals surface area contributed by atoms with E-state index in [1.807, 2.05) is 7.05 Å². The predicted octanol–water partition coefficient (Wildman–Crippen LogP) is 2.33. The van der Waals surface area contributed by atoms with E-state index < -0.39 is 0 Å². The number of ether oxygens (including phenoxy) is 1. The molecule has 0 aliphatic carbocycles. The van der Waals surface area contributed by atoms with Crippen molar-refractivity contribution in [2.75, 3.05) is 46.4 Å². The first kappa shape index (κ1) is 20.2. The third-order valence-electron chi connectivity index (χ3n) is 4.53. The molecule has 0 aromatic rings. The van der Waals surface area contributed by atoms with Crippen LogP contribution in [0.15, 0.2) is 4.99 Å². The van der Waals surface area contributed by atoms with Crippen LogP contribution in [0.2, 0.25) is 0 Å². The zero-order valence-corrected chi connectivity index (χ0v) is 15.9. The molecule has 0 amide bonds. The smallest absolute Gasteiger partial charge is 0.191 e. The average Bonchev–Trinajstić information content (AvgIpc) is 2.52. The first-order valence-corrected chi connectivity index (χ1v) is 9.35. The molecule has 5 heteroatoms. The van der Waals surface area contributed by atoms with Crippen LogP contribution in [0.25, 0.3) is 0 Å². The van der Waals surface area contributed by atoms with Crippen molar-refractivity contribution in [3.63, 3.8) is 0 Å². The Morgan fingerprint density at radius 3 is 2.65 bits per heavy atom. The summed E-state index contributed by atoms with van der Waals surface area (Å²) in [5.74, 6) is 2.29. The lowest BCUT2D eigenvalue weighted by Crippen LogP contribution is -2.44. The number of rotatable bonds is 9. The zero-order chi connectivity index (χ0) is 17.1. The molecule has 1 rings (SSSR count).